The SMILES string of the molecule is NC1(Cc2cccc(-c3cccnc3)c2)CCCCC1. The van der Waals surface area contributed by atoms with Crippen molar-refractivity contribution in [3.63, 3.8) is 0 Å². The molecule has 3 rings (SSSR count). The molecule has 1 aromatic carbocycles. The first-order chi connectivity index (χ1) is 9.75. The summed E-state index contributed by atoms with van der Waals surface area (Å²) in [6, 6.07) is 12.8. The van der Waals surface area contributed by atoms with Gasteiger partial charge < -0.3 is 5.73 Å². The minimum absolute atomic E-state index is 0.00577. The Hall–Kier alpha value is -1.67. The fourth-order valence-corrected chi connectivity index (χ4v) is 3.23. The van der Waals surface area contributed by atoms with Crippen molar-refractivity contribution in [3.8, 4) is 11.1 Å². The standard InChI is InChI=1S/C18H22N2/c19-18(9-2-1-3-10-18)13-15-6-4-7-16(12-15)17-8-5-11-20-14-17/h4-8,11-12,14H,1-3,9-10,13,19H2. The van der Waals surface area contributed by atoms with Gasteiger partial charge in [-0.1, -0.05) is 49.6 Å². The van der Waals surface area contributed by atoms with Gasteiger partial charge in [0.25, 0.3) is 0 Å². The maximum Gasteiger partial charge on any atom is 0.0346 e. The summed E-state index contributed by atoms with van der Waals surface area (Å²) in [5, 5.41) is 0. The maximum atomic E-state index is 6.57. The van der Waals surface area contributed by atoms with Crippen molar-refractivity contribution in [1.82, 2.24) is 4.98 Å². The Bertz CT molecular complexity index is 557. The average molecular weight is 266 g/mol. The fourth-order valence-electron chi connectivity index (χ4n) is 3.23. The van der Waals surface area contributed by atoms with Crippen LogP contribution in [-0.2, 0) is 6.42 Å². The largest absolute Gasteiger partial charge is 0.325 e. The van der Waals surface area contributed by atoms with E-state index < -0.39 is 0 Å². The summed E-state index contributed by atoms with van der Waals surface area (Å²) in [4.78, 5) is 4.20. The number of aromatic nitrogens is 1. The van der Waals surface area contributed by atoms with Gasteiger partial charge in [0.1, 0.15) is 0 Å². The highest BCUT2D eigenvalue weighted by Crippen LogP contribution is 2.30. The van der Waals surface area contributed by atoms with Gasteiger partial charge in [0.05, 0.1) is 0 Å². The second-order valence-corrected chi connectivity index (χ2v) is 6.04. The predicted octanol–water partition coefficient (Wildman–Crippen LogP) is 3.95. The Balaban J connectivity index is 1.81. The van der Waals surface area contributed by atoms with E-state index in [1.807, 2.05) is 18.5 Å². The highest BCUT2D eigenvalue weighted by molar-refractivity contribution is 5.63. The molecule has 1 aliphatic rings. The molecule has 20 heavy (non-hydrogen) atoms. The minimum Gasteiger partial charge on any atom is -0.325 e. The molecule has 104 valence electrons. The van der Waals surface area contributed by atoms with Crippen LogP contribution in [0, 0.1) is 0 Å². The summed E-state index contributed by atoms with van der Waals surface area (Å²) >= 11 is 0. The zero-order chi connectivity index (χ0) is 13.8. The van der Waals surface area contributed by atoms with Crippen molar-refractivity contribution in [2.45, 2.75) is 44.1 Å². The van der Waals surface area contributed by atoms with Crippen molar-refractivity contribution >= 4 is 0 Å². The van der Waals surface area contributed by atoms with Crippen LogP contribution in [0.3, 0.4) is 0 Å². The normalized spacial score (nSPS) is 17.9. The molecule has 0 unspecified atom stereocenters. The van der Waals surface area contributed by atoms with Crippen molar-refractivity contribution in [1.29, 1.82) is 0 Å². The van der Waals surface area contributed by atoms with E-state index >= 15 is 0 Å². The van der Waals surface area contributed by atoms with E-state index in [4.69, 9.17) is 5.73 Å². The molecular formula is C18H22N2. The first kappa shape index (κ1) is 13.3. The van der Waals surface area contributed by atoms with Gasteiger partial charge in [0.15, 0.2) is 0 Å². The van der Waals surface area contributed by atoms with Crippen molar-refractivity contribution in [2.24, 2.45) is 5.73 Å². The van der Waals surface area contributed by atoms with Gasteiger partial charge in [-0.3, -0.25) is 4.98 Å². The average Bonchev–Trinajstić information content (AvgIpc) is 2.49. The van der Waals surface area contributed by atoms with E-state index in [0.29, 0.717) is 0 Å². The van der Waals surface area contributed by atoms with Gasteiger partial charge in [0.2, 0.25) is 0 Å². The van der Waals surface area contributed by atoms with Crippen molar-refractivity contribution < 1.29 is 0 Å². The number of nitrogens with zero attached hydrogens (tertiary/aromatic N) is 1. The zero-order valence-corrected chi connectivity index (χ0v) is 11.9. The molecule has 0 radical (unpaired) electrons. The summed E-state index contributed by atoms with van der Waals surface area (Å²) < 4.78 is 0. The van der Waals surface area contributed by atoms with E-state index in [1.54, 1.807) is 0 Å². The number of hydrogen-bond acceptors (Lipinski definition) is 2. The predicted molar refractivity (Wildman–Crippen MR) is 83.4 cm³/mol. The van der Waals surface area contributed by atoms with E-state index in [9.17, 15) is 0 Å². The summed E-state index contributed by atoms with van der Waals surface area (Å²) in [6.07, 6.45) is 10.9. The summed E-state index contributed by atoms with van der Waals surface area (Å²) in [7, 11) is 0. The van der Waals surface area contributed by atoms with Crippen LogP contribution in [0.5, 0.6) is 0 Å². The second-order valence-electron chi connectivity index (χ2n) is 6.04. The molecule has 1 fully saturated rings. The molecule has 2 aromatic rings. The zero-order valence-electron chi connectivity index (χ0n) is 11.9. The van der Waals surface area contributed by atoms with E-state index in [2.05, 4.69) is 35.3 Å². The number of hydrogen-bond donors (Lipinski definition) is 1. The Morgan fingerprint density at radius 2 is 1.80 bits per heavy atom. The molecule has 0 bridgehead atoms. The minimum atomic E-state index is 0.00577. The molecular weight excluding hydrogens is 244 g/mol. The third-order valence-electron chi connectivity index (χ3n) is 4.33. The lowest BCUT2D eigenvalue weighted by Crippen LogP contribution is -2.43. The van der Waals surface area contributed by atoms with E-state index in [0.717, 1.165) is 19.3 Å². The molecule has 2 nitrogen and oxygen atoms in total. The van der Waals surface area contributed by atoms with Crippen LogP contribution in [0.25, 0.3) is 11.1 Å². The van der Waals surface area contributed by atoms with Gasteiger partial charge in [0, 0.05) is 17.9 Å². The molecule has 1 saturated carbocycles. The van der Waals surface area contributed by atoms with Gasteiger partial charge >= 0.3 is 0 Å². The van der Waals surface area contributed by atoms with Crippen LogP contribution in [-0.4, -0.2) is 10.5 Å². The summed E-state index contributed by atoms with van der Waals surface area (Å²) in [5.41, 5.74) is 10.3. The third-order valence-corrected chi connectivity index (χ3v) is 4.33. The van der Waals surface area contributed by atoms with Crippen LogP contribution in [0.4, 0.5) is 0 Å². The maximum absolute atomic E-state index is 6.57. The second kappa shape index (κ2) is 5.76. The number of pyridine rings is 1. The van der Waals surface area contributed by atoms with Gasteiger partial charge in [-0.2, -0.15) is 0 Å². The first-order valence-corrected chi connectivity index (χ1v) is 7.53. The lowest BCUT2D eigenvalue weighted by molar-refractivity contribution is 0.294. The molecule has 0 amide bonds. The summed E-state index contributed by atoms with van der Waals surface area (Å²) in [6.45, 7) is 0. The van der Waals surface area contributed by atoms with Crippen LogP contribution in [0.15, 0.2) is 48.8 Å². The molecule has 0 aliphatic heterocycles. The monoisotopic (exact) mass is 266 g/mol. The van der Waals surface area contributed by atoms with Gasteiger partial charge in [-0.25, -0.2) is 0 Å². The Morgan fingerprint density at radius 1 is 1.00 bits per heavy atom. The highest BCUT2D eigenvalue weighted by Gasteiger charge is 2.27. The Morgan fingerprint density at radius 3 is 2.55 bits per heavy atom. The molecule has 1 aliphatic carbocycles. The van der Waals surface area contributed by atoms with Crippen LogP contribution >= 0.6 is 0 Å². The van der Waals surface area contributed by atoms with Crippen molar-refractivity contribution in [3.05, 3.63) is 54.4 Å². The molecule has 0 saturated heterocycles. The Kier molecular flexibility index (Phi) is 3.83. The van der Waals surface area contributed by atoms with Crippen molar-refractivity contribution in [2.75, 3.05) is 0 Å². The molecule has 0 spiro atoms. The lowest BCUT2D eigenvalue weighted by atomic mass is 9.78. The quantitative estimate of drug-likeness (QED) is 0.913. The van der Waals surface area contributed by atoms with Gasteiger partial charge in [-0.15, -0.1) is 0 Å². The van der Waals surface area contributed by atoms with E-state index in [-0.39, 0.29) is 5.54 Å². The smallest absolute Gasteiger partial charge is 0.0346 e. The molecule has 2 N–H and O–H groups in total. The van der Waals surface area contributed by atoms with Crippen LogP contribution in [0.1, 0.15) is 37.7 Å². The molecule has 1 aromatic heterocycles. The van der Waals surface area contributed by atoms with Crippen LogP contribution in [0.2, 0.25) is 0 Å². The number of benzene rings is 1. The Labute approximate surface area is 121 Å². The van der Waals surface area contributed by atoms with Gasteiger partial charge in [-0.05, 0) is 42.0 Å². The number of rotatable bonds is 3. The molecule has 1 heterocycles. The molecule has 2 heteroatoms. The fraction of sp³-hybridized carbons (Fsp3) is 0.389. The first-order valence-electron chi connectivity index (χ1n) is 7.53. The van der Waals surface area contributed by atoms with E-state index in [1.165, 1.54) is 36.0 Å². The topological polar surface area (TPSA) is 38.9 Å². The summed E-state index contributed by atoms with van der Waals surface area (Å²) in [5.74, 6) is 0. The highest BCUT2D eigenvalue weighted by atomic mass is 14.7. The van der Waals surface area contributed by atoms with Crippen LogP contribution < -0.4 is 5.73 Å². The third kappa shape index (κ3) is 3.07. The lowest BCUT2D eigenvalue weighted by Gasteiger charge is -2.33. The number of nitrogens with two attached hydrogens (primary N) is 1. The molecule has 0 atom stereocenters.